The summed E-state index contributed by atoms with van der Waals surface area (Å²) in [6.45, 7) is 8.23. The molecule has 3 rings (SSSR count). The number of rotatable bonds is 5. The standard InChI is InChI=1S/C20H30N2O3/c1-16-5-6-18(13-17(16)2)25-15-20(24)7-11-22(12-8-20)19(23)14-21-9-3-4-10-21/h5-6,13,24H,3-4,7-12,14-15H2,1-2H3. The molecule has 25 heavy (non-hydrogen) atoms. The first kappa shape index (κ1) is 18.2. The maximum Gasteiger partial charge on any atom is 0.236 e. The van der Waals surface area contributed by atoms with Crippen LogP contribution in [0.4, 0.5) is 0 Å². The molecule has 5 nitrogen and oxygen atoms in total. The molecule has 2 aliphatic heterocycles. The van der Waals surface area contributed by atoms with Crippen molar-refractivity contribution in [3.8, 4) is 5.75 Å². The van der Waals surface area contributed by atoms with Gasteiger partial charge in [-0.25, -0.2) is 0 Å². The van der Waals surface area contributed by atoms with Crippen molar-refractivity contribution >= 4 is 5.91 Å². The van der Waals surface area contributed by atoms with Crippen molar-refractivity contribution in [3.63, 3.8) is 0 Å². The number of amides is 1. The SMILES string of the molecule is Cc1ccc(OCC2(O)CCN(C(=O)CN3CCCC3)CC2)cc1C. The van der Waals surface area contributed by atoms with Gasteiger partial charge >= 0.3 is 0 Å². The zero-order valence-electron chi connectivity index (χ0n) is 15.5. The van der Waals surface area contributed by atoms with Crippen LogP contribution in [0.15, 0.2) is 18.2 Å². The van der Waals surface area contributed by atoms with Gasteiger partial charge in [-0.1, -0.05) is 6.07 Å². The van der Waals surface area contributed by atoms with Crippen molar-refractivity contribution in [2.75, 3.05) is 39.3 Å². The Morgan fingerprint density at radius 2 is 1.80 bits per heavy atom. The average molecular weight is 346 g/mol. The van der Waals surface area contributed by atoms with E-state index in [1.54, 1.807) is 0 Å². The van der Waals surface area contributed by atoms with E-state index in [1.807, 2.05) is 23.1 Å². The fourth-order valence-corrected chi connectivity index (χ4v) is 3.57. The number of benzene rings is 1. The first-order valence-electron chi connectivity index (χ1n) is 9.38. The van der Waals surface area contributed by atoms with Crippen LogP contribution in [0.2, 0.25) is 0 Å². The van der Waals surface area contributed by atoms with E-state index in [1.165, 1.54) is 24.0 Å². The Hall–Kier alpha value is -1.59. The lowest BCUT2D eigenvalue weighted by Crippen LogP contribution is -2.51. The van der Waals surface area contributed by atoms with Crippen LogP contribution < -0.4 is 4.74 Å². The van der Waals surface area contributed by atoms with E-state index in [2.05, 4.69) is 18.7 Å². The molecule has 2 heterocycles. The molecule has 1 aromatic carbocycles. The lowest BCUT2D eigenvalue weighted by Gasteiger charge is -2.38. The molecule has 0 bridgehead atoms. The highest BCUT2D eigenvalue weighted by molar-refractivity contribution is 5.78. The summed E-state index contributed by atoms with van der Waals surface area (Å²) in [5.41, 5.74) is 1.58. The molecule has 0 saturated carbocycles. The molecular formula is C20H30N2O3. The minimum Gasteiger partial charge on any atom is -0.491 e. The van der Waals surface area contributed by atoms with Crippen LogP contribution in [0, 0.1) is 13.8 Å². The van der Waals surface area contributed by atoms with Crippen LogP contribution in [-0.4, -0.2) is 65.7 Å². The molecule has 138 valence electrons. The number of hydrogen-bond donors (Lipinski definition) is 1. The quantitative estimate of drug-likeness (QED) is 0.887. The third-order valence-electron chi connectivity index (χ3n) is 5.59. The Labute approximate surface area is 150 Å². The van der Waals surface area contributed by atoms with E-state index < -0.39 is 5.60 Å². The van der Waals surface area contributed by atoms with Crippen molar-refractivity contribution in [1.82, 2.24) is 9.80 Å². The maximum absolute atomic E-state index is 12.4. The van der Waals surface area contributed by atoms with Gasteiger partial charge in [-0.3, -0.25) is 9.69 Å². The fourth-order valence-electron chi connectivity index (χ4n) is 3.57. The van der Waals surface area contributed by atoms with Gasteiger partial charge in [-0.2, -0.15) is 0 Å². The van der Waals surface area contributed by atoms with Gasteiger partial charge in [0.1, 0.15) is 18.0 Å². The van der Waals surface area contributed by atoms with E-state index in [9.17, 15) is 9.90 Å². The second kappa shape index (κ2) is 7.75. The largest absolute Gasteiger partial charge is 0.491 e. The molecule has 1 N–H and O–H groups in total. The van der Waals surface area contributed by atoms with E-state index in [-0.39, 0.29) is 12.5 Å². The molecule has 0 radical (unpaired) electrons. The highest BCUT2D eigenvalue weighted by atomic mass is 16.5. The number of ether oxygens (including phenoxy) is 1. The predicted octanol–water partition coefficient (Wildman–Crippen LogP) is 2.13. The lowest BCUT2D eigenvalue weighted by atomic mass is 9.92. The number of carbonyl (C=O) groups excluding carboxylic acids is 1. The molecule has 0 aliphatic carbocycles. The molecule has 0 spiro atoms. The van der Waals surface area contributed by atoms with Crippen LogP contribution in [0.3, 0.4) is 0 Å². The Kier molecular flexibility index (Phi) is 5.64. The molecule has 2 saturated heterocycles. The molecule has 1 amide bonds. The lowest BCUT2D eigenvalue weighted by molar-refractivity contribution is -0.137. The van der Waals surface area contributed by atoms with Gasteiger partial charge in [0.2, 0.25) is 5.91 Å². The van der Waals surface area contributed by atoms with E-state index in [0.717, 1.165) is 18.8 Å². The van der Waals surface area contributed by atoms with Gasteiger partial charge in [0.15, 0.2) is 0 Å². The molecule has 0 unspecified atom stereocenters. The van der Waals surface area contributed by atoms with Gasteiger partial charge in [-0.05, 0) is 75.9 Å². The normalized spacial score (nSPS) is 20.7. The number of aryl methyl sites for hydroxylation is 2. The molecule has 0 atom stereocenters. The van der Waals surface area contributed by atoms with E-state index in [0.29, 0.717) is 32.5 Å². The number of nitrogens with zero attached hydrogens (tertiary/aromatic N) is 2. The van der Waals surface area contributed by atoms with Gasteiger partial charge in [0.05, 0.1) is 6.54 Å². The van der Waals surface area contributed by atoms with Gasteiger partial charge < -0.3 is 14.7 Å². The van der Waals surface area contributed by atoms with Crippen LogP contribution in [0.25, 0.3) is 0 Å². The Bertz CT molecular complexity index is 603. The van der Waals surface area contributed by atoms with Gasteiger partial charge in [0, 0.05) is 13.1 Å². The average Bonchev–Trinajstić information content (AvgIpc) is 3.09. The smallest absolute Gasteiger partial charge is 0.236 e. The number of likely N-dealkylation sites (tertiary alicyclic amines) is 2. The Balaban J connectivity index is 1.46. The highest BCUT2D eigenvalue weighted by Crippen LogP contribution is 2.25. The minimum absolute atomic E-state index is 0.194. The molecular weight excluding hydrogens is 316 g/mol. The number of carbonyl (C=O) groups is 1. The van der Waals surface area contributed by atoms with Gasteiger partial charge in [0.25, 0.3) is 0 Å². The summed E-state index contributed by atoms with van der Waals surface area (Å²) >= 11 is 0. The van der Waals surface area contributed by atoms with Gasteiger partial charge in [-0.15, -0.1) is 0 Å². The zero-order valence-corrected chi connectivity index (χ0v) is 15.5. The summed E-state index contributed by atoms with van der Waals surface area (Å²) in [5.74, 6) is 0.989. The first-order chi connectivity index (χ1) is 12.0. The zero-order chi connectivity index (χ0) is 17.9. The highest BCUT2D eigenvalue weighted by Gasteiger charge is 2.35. The van der Waals surface area contributed by atoms with Crippen molar-refractivity contribution < 1.29 is 14.6 Å². The second-order valence-electron chi connectivity index (χ2n) is 7.62. The molecule has 2 fully saturated rings. The molecule has 5 heteroatoms. The number of piperidine rings is 1. The summed E-state index contributed by atoms with van der Waals surface area (Å²) in [5, 5.41) is 10.8. The number of hydrogen-bond acceptors (Lipinski definition) is 4. The third kappa shape index (κ3) is 4.73. The summed E-state index contributed by atoms with van der Waals surface area (Å²) in [6.07, 6.45) is 3.54. The topological polar surface area (TPSA) is 53.0 Å². The minimum atomic E-state index is -0.844. The molecule has 0 aromatic heterocycles. The monoisotopic (exact) mass is 346 g/mol. The van der Waals surface area contributed by atoms with Crippen molar-refractivity contribution in [1.29, 1.82) is 0 Å². The third-order valence-corrected chi connectivity index (χ3v) is 5.59. The van der Waals surface area contributed by atoms with Crippen LogP contribution in [0.5, 0.6) is 5.75 Å². The van der Waals surface area contributed by atoms with Crippen molar-refractivity contribution in [2.45, 2.75) is 45.1 Å². The predicted molar refractivity (Wildman–Crippen MR) is 97.8 cm³/mol. The summed E-state index contributed by atoms with van der Waals surface area (Å²) in [7, 11) is 0. The summed E-state index contributed by atoms with van der Waals surface area (Å²) < 4.78 is 5.83. The van der Waals surface area contributed by atoms with Crippen molar-refractivity contribution in [3.05, 3.63) is 29.3 Å². The number of aliphatic hydroxyl groups is 1. The fraction of sp³-hybridized carbons (Fsp3) is 0.650. The Morgan fingerprint density at radius 3 is 2.44 bits per heavy atom. The molecule has 1 aromatic rings. The van der Waals surface area contributed by atoms with E-state index >= 15 is 0 Å². The summed E-state index contributed by atoms with van der Waals surface area (Å²) in [4.78, 5) is 16.5. The Morgan fingerprint density at radius 1 is 1.12 bits per heavy atom. The molecule has 2 aliphatic rings. The van der Waals surface area contributed by atoms with Crippen LogP contribution in [0.1, 0.15) is 36.8 Å². The second-order valence-corrected chi connectivity index (χ2v) is 7.62. The van der Waals surface area contributed by atoms with Crippen molar-refractivity contribution in [2.24, 2.45) is 0 Å². The van der Waals surface area contributed by atoms with E-state index in [4.69, 9.17) is 4.74 Å². The maximum atomic E-state index is 12.4. The van der Waals surface area contributed by atoms with Crippen LogP contribution >= 0.6 is 0 Å². The first-order valence-corrected chi connectivity index (χ1v) is 9.38. The summed E-state index contributed by atoms with van der Waals surface area (Å²) in [6, 6.07) is 5.99. The van der Waals surface area contributed by atoms with Crippen LogP contribution in [-0.2, 0) is 4.79 Å².